The van der Waals surface area contributed by atoms with Crippen LogP contribution in [0.3, 0.4) is 0 Å². The molecule has 0 aliphatic carbocycles. The molecule has 0 aliphatic heterocycles. The maximum absolute atomic E-state index is 12.4. The van der Waals surface area contributed by atoms with Crippen LogP contribution in [0.15, 0.2) is 53.3 Å². The van der Waals surface area contributed by atoms with Crippen molar-refractivity contribution in [3.63, 3.8) is 0 Å². The number of aromatic amines is 1. The van der Waals surface area contributed by atoms with Crippen LogP contribution < -0.4 is 10.7 Å². The monoisotopic (exact) mass is 306 g/mol. The molecule has 23 heavy (non-hydrogen) atoms. The maximum atomic E-state index is 12.4. The number of aryl methyl sites for hydroxylation is 1. The van der Waals surface area contributed by atoms with E-state index in [4.69, 9.17) is 0 Å². The Morgan fingerprint density at radius 2 is 1.74 bits per heavy atom. The Bertz CT molecular complexity index is 924. The topological polar surface area (TPSA) is 62.0 Å². The Morgan fingerprint density at radius 1 is 1.04 bits per heavy atom. The summed E-state index contributed by atoms with van der Waals surface area (Å²) < 4.78 is 0. The molecule has 2 N–H and O–H groups in total. The molecule has 1 amide bonds. The second-order valence-corrected chi connectivity index (χ2v) is 5.67. The number of carbonyl (C=O) groups excluding carboxylic acids is 1. The van der Waals surface area contributed by atoms with Gasteiger partial charge in [-0.2, -0.15) is 0 Å². The first-order chi connectivity index (χ1) is 11.1. The van der Waals surface area contributed by atoms with Gasteiger partial charge in [0.05, 0.1) is 0 Å². The largest absolute Gasteiger partial charge is 0.350 e. The molecular formula is C19H18N2O2. The third-order valence-corrected chi connectivity index (χ3v) is 3.95. The molecule has 1 heterocycles. The van der Waals surface area contributed by atoms with Crippen molar-refractivity contribution in [1.29, 1.82) is 0 Å². The van der Waals surface area contributed by atoms with E-state index in [9.17, 15) is 9.59 Å². The van der Waals surface area contributed by atoms with E-state index in [1.54, 1.807) is 19.1 Å². The minimum atomic E-state index is -0.272. The summed E-state index contributed by atoms with van der Waals surface area (Å²) in [6.45, 7) is 4.12. The molecule has 0 saturated carbocycles. The van der Waals surface area contributed by atoms with E-state index in [1.165, 1.54) is 5.56 Å². The number of para-hydroxylation sites is 1. The van der Waals surface area contributed by atoms with Crippen molar-refractivity contribution in [3.8, 4) is 0 Å². The van der Waals surface area contributed by atoms with Gasteiger partial charge in [0, 0.05) is 23.0 Å². The van der Waals surface area contributed by atoms with Crippen LogP contribution in [0.2, 0.25) is 0 Å². The molecule has 3 rings (SSSR count). The Labute approximate surface area is 134 Å². The first-order valence-electron chi connectivity index (χ1n) is 7.51. The SMILES string of the molecule is Cc1ccc(CNC(=O)c2[nH]c3ccccc3c(=O)c2C)cc1. The van der Waals surface area contributed by atoms with Crippen molar-refractivity contribution >= 4 is 16.8 Å². The lowest BCUT2D eigenvalue weighted by Crippen LogP contribution is -2.27. The fraction of sp³-hybridized carbons (Fsp3) is 0.158. The summed E-state index contributed by atoms with van der Waals surface area (Å²) in [6, 6.07) is 15.2. The Morgan fingerprint density at radius 3 is 2.48 bits per heavy atom. The second-order valence-electron chi connectivity index (χ2n) is 5.67. The predicted octanol–water partition coefficient (Wildman–Crippen LogP) is 3.07. The minimum absolute atomic E-state index is 0.111. The van der Waals surface area contributed by atoms with Gasteiger partial charge in [-0.15, -0.1) is 0 Å². The smallest absolute Gasteiger partial charge is 0.268 e. The van der Waals surface area contributed by atoms with E-state index in [0.717, 1.165) is 5.56 Å². The van der Waals surface area contributed by atoms with Crippen LogP contribution in [0.5, 0.6) is 0 Å². The molecule has 0 radical (unpaired) electrons. The van der Waals surface area contributed by atoms with Gasteiger partial charge in [-0.3, -0.25) is 9.59 Å². The van der Waals surface area contributed by atoms with E-state index >= 15 is 0 Å². The molecule has 2 aromatic carbocycles. The van der Waals surface area contributed by atoms with Crippen molar-refractivity contribution in [1.82, 2.24) is 10.3 Å². The molecule has 0 spiro atoms. The fourth-order valence-corrected chi connectivity index (χ4v) is 2.54. The summed E-state index contributed by atoms with van der Waals surface area (Å²) in [5.74, 6) is -0.272. The van der Waals surface area contributed by atoms with E-state index in [2.05, 4.69) is 10.3 Å². The molecule has 116 valence electrons. The van der Waals surface area contributed by atoms with E-state index in [-0.39, 0.29) is 11.3 Å². The number of carbonyl (C=O) groups is 1. The highest BCUT2D eigenvalue weighted by atomic mass is 16.2. The number of pyridine rings is 1. The third kappa shape index (κ3) is 3.01. The van der Waals surface area contributed by atoms with Gasteiger partial charge in [0.1, 0.15) is 5.69 Å². The van der Waals surface area contributed by atoms with Gasteiger partial charge < -0.3 is 10.3 Å². The number of rotatable bonds is 3. The first-order valence-corrected chi connectivity index (χ1v) is 7.51. The van der Waals surface area contributed by atoms with Gasteiger partial charge in [0.2, 0.25) is 0 Å². The average Bonchev–Trinajstić information content (AvgIpc) is 2.57. The summed E-state index contributed by atoms with van der Waals surface area (Å²) in [5, 5.41) is 3.46. The summed E-state index contributed by atoms with van der Waals surface area (Å²) >= 11 is 0. The highest BCUT2D eigenvalue weighted by molar-refractivity contribution is 5.96. The lowest BCUT2D eigenvalue weighted by Gasteiger charge is -2.09. The molecule has 0 fully saturated rings. The number of H-pyrrole nitrogens is 1. The number of hydrogen-bond donors (Lipinski definition) is 2. The minimum Gasteiger partial charge on any atom is -0.350 e. The lowest BCUT2D eigenvalue weighted by molar-refractivity contribution is 0.0945. The molecule has 4 heteroatoms. The van der Waals surface area contributed by atoms with E-state index in [0.29, 0.717) is 28.7 Å². The van der Waals surface area contributed by atoms with Crippen LogP contribution >= 0.6 is 0 Å². The highest BCUT2D eigenvalue weighted by Gasteiger charge is 2.14. The predicted molar refractivity (Wildman–Crippen MR) is 91.7 cm³/mol. The van der Waals surface area contributed by atoms with Gasteiger partial charge in [0.15, 0.2) is 5.43 Å². The standard InChI is InChI=1S/C19H18N2O2/c1-12-7-9-14(10-8-12)11-20-19(23)17-13(2)18(22)15-5-3-4-6-16(15)21-17/h3-10H,11H2,1-2H3,(H,20,23)(H,21,22). The molecule has 0 atom stereocenters. The summed E-state index contributed by atoms with van der Waals surface area (Å²) in [5.41, 5.74) is 3.51. The van der Waals surface area contributed by atoms with Crippen molar-refractivity contribution in [3.05, 3.63) is 81.1 Å². The van der Waals surface area contributed by atoms with E-state index < -0.39 is 0 Å². The van der Waals surface area contributed by atoms with Crippen LogP contribution in [0.1, 0.15) is 27.2 Å². The number of amides is 1. The van der Waals surface area contributed by atoms with Gasteiger partial charge >= 0.3 is 0 Å². The summed E-state index contributed by atoms with van der Waals surface area (Å²) in [4.78, 5) is 27.9. The molecule has 0 saturated heterocycles. The number of benzene rings is 2. The Balaban J connectivity index is 1.87. The zero-order valence-electron chi connectivity index (χ0n) is 13.1. The molecule has 4 nitrogen and oxygen atoms in total. The molecule has 0 aliphatic rings. The molecular weight excluding hydrogens is 288 g/mol. The quantitative estimate of drug-likeness (QED) is 0.781. The Hall–Kier alpha value is -2.88. The normalized spacial score (nSPS) is 10.7. The van der Waals surface area contributed by atoms with Crippen molar-refractivity contribution in [2.24, 2.45) is 0 Å². The molecule has 3 aromatic rings. The van der Waals surface area contributed by atoms with Crippen LogP contribution in [0.25, 0.3) is 10.9 Å². The highest BCUT2D eigenvalue weighted by Crippen LogP contribution is 2.11. The summed E-state index contributed by atoms with van der Waals surface area (Å²) in [7, 11) is 0. The van der Waals surface area contributed by atoms with Crippen molar-refractivity contribution in [2.45, 2.75) is 20.4 Å². The third-order valence-electron chi connectivity index (χ3n) is 3.95. The lowest BCUT2D eigenvalue weighted by atomic mass is 10.1. The van der Waals surface area contributed by atoms with Gasteiger partial charge in [-0.25, -0.2) is 0 Å². The van der Waals surface area contributed by atoms with Gasteiger partial charge in [-0.1, -0.05) is 42.0 Å². The zero-order chi connectivity index (χ0) is 16.4. The van der Waals surface area contributed by atoms with Crippen molar-refractivity contribution in [2.75, 3.05) is 0 Å². The first kappa shape index (κ1) is 15.0. The fourth-order valence-electron chi connectivity index (χ4n) is 2.54. The van der Waals surface area contributed by atoms with Crippen LogP contribution in [0.4, 0.5) is 0 Å². The second kappa shape index (κ2) is 6.08. The average molecular weight is 306 g/mol. The van der Waals surface area contributed by atoms with E-state index in [1.807, 2.05) is 43.3 Å². The zero-order valence-corrected chi connectivity index (χ0v) is 13.1. The summed E-state index contributed by atoms with van der Waals surface area (Å²) in [6.07, 6.45) is 0. The maximum Gasteiger partial charge on any atom is 0.268 e. The molecule has 0 bridgehead atoms. The van der Waals surface area contributed by atoms with Crippen molar-refractivity contribution < 1.29 is 4.79 Å². The number of nitrogens with one attached hydrogen (secondary N) is 2. The number of aromatic nitrogens is 1. The van der Waals surface area contributed by atoms with Crippen LogP contribution in [-0.2, 0) is 6.54 Å². The molecule has 1 aromatic heterocycles. The Kier molecular flexibility index (Phi) is 3.98. The van der Waals surface area contributed by atoms with Gasteiger partial charge in [0.25, 0.3) is 5.91 Å². The van der Waals surface area contributed by atoms with Gasteiger partial charge in [-0.05, 0) is 31.5 Å². The van der Waals surface area contributed by atoms with Crippen LogP contribution in [-0.4, -0.2) is 10.9 Å². The number of hydrogen-bond acceptors (Lipinski definition) is 2. The number of fused-ring (bicyclic) bond motifs is 1. The molecule has 0 unspecified atom stereocenters. The van der Waals surface area contributed by atoms with Crippen LogP contribution in [0, 0.1) is 13.8 Å².